The molecule has 10 heteroatoms. The van der Waals surface area contributed by atoms with Crippen LogP contribution >= 0.6 is 27.5 Å². The maximum absolute atomic E-state index is 12.0. The Morgan fingerprint density at radius 2 is 2.04 bits per heavy atom. The van der Waals surface area contributed by atoms with Gasteiger partial charge < -0.3 is 9.84 Å². The number of carbonyl (C=O) groups excluding carboxylic acids is 1. The molecule has 0 spiro atoms. The zero-order valence-electron chi connectivity index (χ0n) is 12.9. The first-order valence-electron chi connectivity index (χ1n) is 6.90. The Labute approximate surface area is 160 Å². The van der Waals surface area contributed by atoms with Gasteiger partial charge in [0.25, 0.3) is 0 Å². The number of nitrogens with one attached hydrogen (secondary N) is 1. The van der Waals surface area contributed by atoms with Crippen molar-refractivity contribution in [3.05, 3.63) is 57.0 Å². The number of rotatable bonds is 7. The molecule has 0 aliphatic carbocycles. The van der Waals surface area contributed by atoms with Gasteiger partial charge in [-0.3, -0.25) is 9.68 Å². The molecule has 0 bridgehead atoms. The smallest absolute Gasteiger partial charge is 0.376 e. The topological polar surface area (TPSA) is 118 Å². The number of hydrogen-bond donors (Lipinski definition) is 2. The monoisotopic (exact) mass is 440 g/mol. The molecule has 0 saturated heterocycles. The Morgan fingerprint density at radius 3 is 2.73 bits per heavy atom. The van der Waals surface area contributed by atoms with E-state index in [2.05, 4.69) is 25.8 Å². The van der Waals surface area contributed by atoms with Crippen LogP contribution in [0.5, 0.6) is 11.5 Å². The normalized spacial score (nSPS) is 10.0. The van der Waals surface area contributed by atoms with E-state index in [1.807, 2.05) is 11.5 Å². The molecule has 2 aromatic rings. The van der Waals surface area contributed by atoms with Gasteiger partial charge in [-0.15, -0.1) is 5.48 Å². The molecule has 134 valence electrons. The lowest BCUT2D eigenvalue weighted by Crippen LogP contribution is -2.24. The molecule has 2 aromatic carbocycles. The van der Waals surface area contributed by atoms with Crippen molar-refractivity contribution in [3.63, 3.8) is 0 Å². The molecule has 2 rings (SSSR count). The lowest BCUT2D eigenvalue weighted by Gasteiger charge is -2.10. The van der Waals surface area contributed by atoms with Gasteiger partial charge in [0.05, 0.1) is 11.1 Å². The number of nitriles is 1. The summed E-state index contributed by atoms with van der Waals surface area (Å²) in [5.41, 5.74) is 2.23. The van der Waals surface area contributed by atoms with E-state index >= 15 is 0 Å². The van der Waals surface area contributed by atoms with Crippen LogP contribution in [0.1, 0.15) is 15.9 Å². The van der Waals surface area contributed by atoms with Gasteiger partial charge in [0, 0.05) is 9.50 Å². The third kappa shape index (κ3) is 5.44. The Morgan fingerprint density at radius 1 is 1.27 bits per heavy atom. The minimum atomic E-state index is -1.19. The van der Waals surface area contributed by atoms with Crippen molar-refractivity contribution in [1.82, 2.24) is 5.48 Å². The van der Waals surface area contributed by atoms with Gasteiger partial charge >= 0.3 is 11.9 Å². The lowest BCUT2D eigenvalue weighted by molar-refractivity contribution is -0.286. The Kier molecular flexibility index (Phi) is 6.94. The van der Waals surface area contributed by atoms with Crippen molar-refractivity contribution >= 4 is 39.5 Å². The maximum Gasteiger partial charge on any atom is 0.376 e. The van der Waals surface area contributed by atoms with Gasteiger partial charge in [0.2, 0.25) is 0 Å². The fourth-order valence-corrected chi connectivity index (χ4v) is 2.31. The van der Waals surface area contributed by atoms with Gasteiger partial charge in [0.15, 0.2) is 0 Å². The number of halogens is 2. The van der Waals surface area contributed by atoms with Crippen molar-refractivity contribution in [3.8, 4) is 17.6 Å². The molecule has 0 aliphatic rings. The van der Waals surface area contributed by atoms with Crippen LogP contribution in [0.2, 0.25) is 5.02 Å². The molecule has 0 aliphatic heterocycles. The van der Waals surface area contributed by atoms with E-state index in [1.54, 1.807) is 18.2 Å². The van der Waals surface area contributed by atoms with Gasteiger partial charge in [-0.2, -0.15) is 5.26 Å². The fraction of sp³-hybridized carbons (Fsp3) is 0.0625. The number of hydroxylamine groups is 1. The number of hydrogen-bond acceptors (Lipinski definition) is 7. The highest BCUT2D eigenvalue weighted by Gasteiger charge is 2.16. The van der Waals surface area contributed by atoms with E-state index in [4.69, 9.17) is 26.7 Å². The van der Waals surface area contributed by atoms with Gasteiger partial charge in [0.1, 0.15) is 24.1 Å². The van der Waals surface area contributed by atoms with Crippen LogP contribution in [0.25, 0.3) is 0 Å². The molecule has 0 amide bonds. The first kappa shape index (κ1) is 19.7. The predicted octanol–water partition coefficient (Wildman–Crippen LogP) is 3.44. The van der Waals surface area contributed by atoms with E-state index in [1.165, 1.54) is 18.2 Å². The van der Waals surface area contributed by atoms with Crippen molar-refractivity contribution < 1.29 is 29.3 Å². The number of ether oxygens (including phenoxy) is 1. The molecule has 0 radical (unpaired) electrons. The van der Waals surface area contributed by atoms with E-state index < -0.39 is 18.5 Å². The molecule has 26 heavy (non-hydrogen) atoms. The van der Waals surface area contributed by atoms with Crippen LogP contribution in [-0.2, 0) is 14.7 Å². The van der Waals surface area contributed by atoms with Crippen molar-refractivity contribution in [2.24, 2.45) is 0 Å². The zero-order chi connectivity index (χ0) is 19.1. The molecule has 0 atom stereocenters. The molecular weight excluding hydrogens is 432 g/mol. The zero-order valence-corrected chi connectivity index (χ0v) is 15.2. The molecule has 0 heterocycles. The van der Waals surface area contributed by atoms with E-state index in [0.717, 1.165) is 0 Å². The van der Waals surface area contributed by atoms with Gasteiger partial charge in [-0.05, 0) is 52.3 Å². The minimum absolute atomic E-state index is 0.0621. The third-order valence-electron chi connectivity index (χ3n) is 2.85. The number of carboxylic acids is 1. The molecule has 0 aromatic heterocycles. The summed E-state index contributed by atoms with van der Waals surface area (Å²) >= 11 is 9.03. The van der Waals surface area contributed by atoms with Crippen LogP contribution in [0, 0.1) is 11.3 Å². The number of benzene rings is 2. The summed E-state index contributed by atoms with van der Waals surface area (Å²) in [5.74, 6) is -1.55. The summed E-state index contributed by atoms with van der Waals surface area (Å²) in [6.07, 6.45) is 0. The first-order chi connectivity index (χ1) is 12.4. The summed E-state index contributed by atoms with van der Waals surface area (Å²) in [7, 11) is 0. The van der Waals surface area contributed by atoms with Crippen LogP contribution < -0.4 is 10.2 Å². The van der Waals surface area contributed by atoms with E-state index in [-0.39, 0.29) is 22.6 Å². The SMILES string of the molecule is N#Cc1cc(Cl)ccc1Oc1ccc(Br)c(C(=O)OONCC(=O)O)c1. The van der Waals surface area contributed by atoms with Gasteiger partial charge in [-0.25, -0.2) is 4.79 Å². The van der Waals surface area contributed by atoms with Crippen molar-refractivity contribution in [2.45, 2.75) is 0 Å². The summed E-state index contributed by atoms with van der Waals surface area (Å²) < 4.78 is 6.01. The van der Waals surface area contributed by atoms with Gasteiger partial charge in [-0.1, -0.05) is 16.6 Å². The molecule has 0 unspecified atom stereocenters. The summed E-state index contributed by atoms with van der Waals surface area (Å²) in [4.78, 5) is 31.1. The summed E-state index contributed by atoms with van der Waals surface area (Å²) in [6.45, 7) is -0.550. The minimum Gasteiger partial charge on any atom is -0.480 e. The first-order valence-corrected chi connectivity index (χ1v) is 8.07. The molecule has 2 N–H and O–H groups in total. The molecule has 0 fully saturated rings. The second-order valence-corrected chi connectivity index (χ2v) is 5.96. The standard InChI is InChI=1S/C16H10BrClN2O6/c17-13-3-2-11(24-14-4-1-10(18)5-9(14)7-19)6-12(13)16(23)25-26-20-8-15(21)22/h1-6,20H,8H2,(H,21,22). The van der Waals surface area contributed by atoms with E-state index in [9.17, 15) is 9.59 Å². The average molecular weight is 442 g/mol. The third-order valence-corrected chi connectivity index (χ3v) is 3.77. The van der Waals surface area contributed by atoms with E-state index in [0.29, 0.717) is 9.50 Å². The second-order valence-electron chi connectivity index (χ2n) is 4.66. The van der Waals surface area contributed by atoms with Crippen LogP contribution in [0.15, 0.2) is 40.9 Å². The second kappa shape index (κ2) is 9.17. The van der Waals surface area contributed by atoms with Crippen LogP contribution in [0.3, 0.4) is 0 Å². The van der Waals surface area contributed by atoms with Crippen LogP contribution in [0.4, 0.5) is 0 Å². The fourth-order valence-electron chi connectivity index (χ4n) is 1.73. The predicted molar refractivity (Wildman–Crippen MR) is 92.5 cm³/mol. The number of aliphatic carboxylic acids is 1. The van der Waals surface area contributed by atoms with Crippen molar-refractivity contribution in [1.29, 1.82) is 5.26 Å². The highest BCUT2D eigenvalue weighted by atomic mass is 79.9. The summed E-state index contributed by atoms with van der Waals surface area (Å²) in [6, 6.07) is 11.0. The summed E-state index contributed by atoms with van der Waals surface area (Å²) in [5, 5.41) is 18.0. The molecule has 8 nitrogen and oxygen atoms in total. The number of carboxylic acid groups (broad SMARTS) is 1. The average Bonchev–Trinajstić information content (AvgIpc) is 2.61. The quantitative estimate of drug-likeness (QED) is 0.381. The lowest BCUT2D eigenvalue weighted by atomic mass is 10.2. The number of carbonyl (C=O) groups is 2. The Bertz CT molecular complexity index is 884. The maximum atomic E-state index is 12.0. The highest BCUT2D eigenvalue weighted by molar-refractivity contribution is 9.10. The number of nitrogens with zero attached hydrogens (tertiary/aromatic N) is 1. The molecular formula is C16H10BrClN2O6. The molecule has 0 saturated carbocycles. The van der Waals surface area contributed by atoms with Crippen LogP contribution in [-0.4, -0.2) is 23.6 Å². The largest absolute Gasteiger partial charge is 0.480 e. The Balaban J connectivity index is 2.13. The highest BCUT2D eigenvalue weighted by Crippen LogP contribution is 2.30. The Hall–Kier alpha value is -2.64. The van der Waals surface area contributed by atoms with Crippen molar-refractivity contribution in [2.75, 3.05) is 6.54 Å².